The molecule has 2 atom stereocenters. The van der Waals surface area contributed by atoms with Gasteiger partial charge in [-0.3, -0.25) is 9.59 Å². The maximum atomic E-state index is 11.6. The maximum Gasteiger partial charge on any atom is 0.245 e. The molecule has 1 rings (SSSR count). The molecule has 0 bridgehead atoms. The second-order valence-corrected chi connectivity index (χ2v) is 3.89. The van der Waals surface area contributed by atoms with Gasteiger partial charge in [0.25, 0.3) is 0 Å². The molecule has 2 amide bonds. The van der Waals surface area contributed by atoms with Crippen LogP contribution in [0.15, 0.2) is 0 Å². The Morgan fingerprint density at radius 1 is 1.57 bits per heavy atom. The van der Waals surface area contributed by atoms with Crippen LogP contribution in [0.25, 0.3) is 0 Å². The van der Waals surface area contributed by atoms with Crippen molar-refractivity contribution in [3.8, 4) is 0 Å². The normalized spacial score (nSPS) is 25.6. The molecule has 1 aliphatic heterocycles. The van der Waals surface area contributed by atoms with Gasteiger partial charge in [-0.1, -0.05) is 0 Å². The van der Waals surface area contributed by atoms with E-state index < -0.39 is 0 Å². The van der Waals surface area contributed by atoms with E-state index in [1.54, 1.807) is 18.9 Å². The van der Waals surface area contributed by atoms with Crippen LogP contribution in [-0.4, -0.2) is 53.8 Å². The molecule has 0 spiro atoms. The van der Waals surface area contributed by atoms with E-state index in [0.717, 1.165) is 0 Å². The Balaban J connectivity index is 2.74. The number of nitrogens with two attached hydrogens (primary N) is 1. The van der Waals surface area contributed by atoms with Gasteiger partial charge in [0.2, 0.25) is 11.8 Å². The molecular weight excluding hydrogens is 182 g/mol. The lowest BCUT2D eigenvalue weighted by Crippen LogP contribution is -2.59. The lowest BCUT2D eigenvalue weighted by molar-refractivity contribution is -0.153. The summed E-state index contributed by atoms with van der Waals surface area (Å²) in [5.41, 5.74) is 5.61. The van der Waals surface area contributed by atoms with E-state index in [-0.39, 0.29) is 30.4 Å². The van der Waals surface area contributed by atoms with Crippen molar-refractivity contribution in [2.75, 3.05) is 20.1 Å². The third kappa shape index (κ3) is 2.04. The highest BCUT2D eigenvalue weighted by Gasteiger charge is 2.34. The summed E-state index contributed by atoms with van der Waals surface area (Å²) in [5.74, 6) is -0.0536. The molecule has 0 radical (unpaired) electrons. The molecule has 1 heterocycles. The summed E-state index contributed by atoms with van der Waals surface area (Å²) in [6.07, 6.45) is 0. The van der Waals surface area contributed by atoms with Gasteiger partial charge >= 0.3 is 0 Å². The van der Waals surface area contributed by atoms with Crippen molar-refractivity contribution in [1.29, 1.82) is 0 Å². The van der Waals surface area contributed by atoms with Gasteiger partial charge in [-0.2, -0.15) is 0 Å². The number of rotatable bonds is 2. The highest BCUT2D eigenvalue weighted by atomic mass is 16.2. The first-order chi connectivity index (χ1) is 6.43. The van der Waals surface area contributed by atoms with Crippen molar-refractivity contribution in [3.63, 3.8) is 0 Å². The summed E-state index contributed by atoms with van der Waals surface area (Å²) in [5, 5.41) is 0. The Morgan fingerprint density at radius 2 is 2.14 bits per heavy atom. The maximum absolute atomic E-state index is 11.6. The Kier molecular flexibility index (Phi) is 3.10. The quantitative estimate of drug-likeness (QED) is 0.622. The second kappa shape index (κ2) is 3.96. The van der Waals surface area contributed by atoms with Crippen molar-refractivity contribution in [1.82, 2.24) is 9.80 Å². The Labute approximate surface area is 83.8 Å². The molecule has 0 aromatic rings. The first-order valence-electron chi connectivity index (χ1n) is 4.73. The predicted octanol–water partition coefficient (Wildman–Crippen LogP) is -0.977. The van der Waals surface area contributed by atoms with E-state index >= 15 is 0 Å². The van der Waals surface area contributed by atoms with E-state index in [9.17, 15) is 9.59 Å². The van der Waals surface area contributed by atoms with Crippen molar-refractivity contribution in [3.05, 3.63) is 0 Å². The summed E-state index contributed by atoms with van der Waals surface area (Å²) in [6, 6.07) is -0.482. The van der Waals surface area contributed by atoms with E-state index in [1.165, 1.54) is 4.90 Å². The number of amides is 2. The summed E-state index contributed by atoms with van der Waals surface area (Å²) in [4.78, 5) is 26.1. The third-order valence-corrected chi connectivity index (χ3v) is 2.38. The van der Waals surface area contributed by atoms with Crippen LogP contribution >= 0.6 is 0 Å². The van der Waals surface area contributed by atoms with Gasteiger partial charge in [0.1, 0.15) is 6.04 Å². The number of carbonyl (C=O) groups excluding carboxylic acids is 2. The topological polar surface area (TPSA) is 66.6 Å². The summed E-state index contributed by atoms with van der Waals surface area (Å²) >= 11 is 0. The standard InChI is InChI=1S/C9H17N3O2/c1-6(10)4-12-7(2)9(14)11(3)5-8(12)13/h6-7H,4-5,10H2,1-3H3. The van der Waals surface area contributed by atoms with Gasteiger partial charge < -0.3 is 15.5 Å². The van der Waals surface area contributed by atoms with Gasteiger partial charge in [0.15, 0.2) is 0 Å². The molecule has 14 heavy (non-hydrogen) atoms. The predicted molar refractivity (Wildman–Crippen MR) is 52.5 cm³/mol. The van der Waals surface area contributed by atoms with Gasteiger partial charge in [0.05, 0.1) is 6.54 Å². The molecule has 5 nitrogen and oxygen atoms in total. The van der Waals surface area contributed by atoms with Crippen LogP contribution in [0.3, 0.4) is 0 Å². The molecule has 0 aliphatic carbocycles. The number of piperazine rings is 1. The van der Waals surface area contributed by atoms with Gasteiger partial charge in [-0.05, 0) is 13.8 Å². The Bertz CT molecular complexity index is 252. The van der Waals surface area contributed by atoms with E-state index in [2.05, 4.69) is 0 Å². The lowest BCUT2D eigenvalue weighted by Gasteiger charge is -2.37. The fourth-order valence-electron chi connectivity index (χ4n) is 1.61. The number of hydrogen-bond acceptors (Lipinski definition) is 3. The third-order valence-electron chi connectivity index (χ3n) is 2.38. The largest absolute Gasteiger partial charge is 0.335 e. The van der Waals surface area contributed by atoms with Gasteiger partial charge in [-0.15, -0.1) is 0 Å². The number of likely N-dealkylation sites (N-methyl/N-ethyl adjacent to an activating group) is 1. The minimum absolute atomic E-state index is 0.0229. The SMILES string of the molecule is CC(N)CN1C(=O)CN(C)C(=O)C1C. The summed E-state index contributed by atoms with van der Waals surface area (Å²) < 4.78 is 0. The summed E-state index contributed by atoms with van der Waals surface area (Å²) in [6.45, 7) is 4.16. The van der Waals surface area contributed by atoms with Crippen LogP contribution in [0.5, 0.6) is 0 Å². The highest BCUT2D eigenvalue weighted by Crippen LogP contribution is 2.10. The molecule has 0 aromatic carbocycles. The Morgan fingerprint density at radius 3 is 2.64 bits per heavy atom. The van der Waals surface area contributed by atoms with E-state index in [1.807, 2.05) is 6.92 Å². The van der Waals surface area contributed by atoms with Crippen LogP contribution in [-0.2, 0) is 9.59 Å². The smallest absolute Gasteiger partial charge is 0.245 e. The van der Waals surface area contributed by atoms with Gasteiger partial charge in [-0.25, -0.2) is 0 Å². The summed E-state index contributed by atoms with van der Waals surface area (Å²) in [7, 11) is 1.64. The van der Waals surface area contributed by atoms with Crippen LogP contribution in [0.2, 0.25) is 0 Å². The fourth-order valence-corrected chi connectivity index (χ4v) is 1.61. The van der Waals surface area contributed by atoms with Crippen LogP contribution in [0, 0.1) is 0 Å². The fraction of sp³-hybridized carbons (Fsp3) is 0.778. The lowest BCUT2D eigenvalue weighted by atomic mass is 10.1. The zero-order chi connectivity index (χ0) is 10.9. The molecule has 2 unspecified atom stereocenters. The first-order valence-corrected chi connectivity index (χ1v) is 4.73. The molecule has 1 aliphatic rings. The minimum Gasteiger partial charge on any atom is -0.335 e. The number of carbonyl (C=O) groups is 2. The van der Waals surface area contributed by atoms with Gasteiger partial charge in [0, 0.05) is 19.6 Å². The molecule has 1 fully saturated rings. The zero-order valence-corrected chi connectivity index (χ0v) is 8.86. The van der Waals surface area contributed by atoms with Crippen LogP contribution in [0.1, 0.15) is 13.8 Å². The number of hydrogen-bond donors (Lipinski definition) is 1. The molecule has 1 saturated heterocycles. The Hall–Kier alpha value is -1.10. The monoisotopic (exact) mass is 199 g/mol. The average Bonchev–Trinajstić information content (AvgIpc) is 2.09. The van der Waals surface area contributed by atoms with Crippen molar-refractivity contribution < 1.29 is 9.59 Å². The van der Waals surface area contributed by atoms with Crippen LogP contribution in [0.4, 0.5) is 0 Å². The van der Waals surface area contributed by atoms with Crippen molar-refractivity contribution in [2.45, 2.75) is 25.9 Å². The van der Waals surface area contributed by atoms with Crippen molar-refractivity contribution in [2.24, 2.45) is 5.73 Å². The zero-order valence-electron chi connectivity index (χ0n) is 8.86. The molecule has 0 aromatic heterocycles. The molecule has 0 saturated carbocycles. The first kappa shape index (κ1) is 11.0. The van der Waals surface area contributed by atoms with E-state index in [4.69, 9.17) is 5.73 Å². The molecule has 2 N–H and O–H groups in total. The minimum atomic E-state index is -0.382. The highest BCUT2D eigenvalue weighted by molar-refractivity contribution is 5.94. The average molecular weight is 199 g/mol. The molecular formula is C9H17N3O2. The number of nitrogens with zero attached hydrogens (tertiary/aromatic N) is 2. The van der Waals surface area contributed by atoms with Crippen molar-refractivity contribution >= 4 is 11.8 Å². The molecule has 80 valence electrons. The van der Waals surface area contributed by atoms with E-state index in [0.29, 0.717) is 6.54 Å². The second-order valence-electron chi connectivity index (χ2n) is 3.89. The van der Waals surface area contributed by atoms with Crippen LogP contribution < -0.4 is 5.73 Å². The molecule has 5 heteroatoms.